The lowest BCUT2D eigenvalue weighted by molar-refractivity contribution is 0.0735. The SMILES string of the molecule is CCCCCCCCOc1ccc(N=Nc2ccc(C(=O)Oc3ccc(C#N)cc3)cc2)cc1. The number of ether oxygens (including phenoxy) is 2. The van der Waals surface area contributed by atoms with Gasteiger partial charge in [-0.15, -0.1) is 0 Å². The second-order valence-corrected chi connectivity index (χ2v) is 7.88. The highest BCUT2D eigenvalue weighted by molar-refractivity contribution is 5.91. The summed E-state index contributed by atoms with van der Waals surface area (Å²) in [6.45, 7) is 2.95. The molecule has 0 spiro atoms. The van der Waals surface area contributed by atoms with E-state index < -0.39 is 5.97 Å². The van der Waals surface area contributed by atoms with Gasteiger partial charge in [0.15, 0.2) is 0 Å². The summed E-state index contributed by atoms with van der Waals surface area (Å²) in [5.74, 6) is 0.731. The van der Waals surface area contributed by atoms with E-state index in [1.54, 1.807) is 48.5 Å². The number of nitrogens with zero attached hydrogens (tertiary/aromatic N) is 3. The van der Waals surface area contributed by atoms with E-state index >= 15 is 0 Å². The van der Waals surface area contributed by atoms with Crippen molar-refractivity contribution < 1.29 is 14.3 Å². The molecule has 0 radical (unpaired) electrons. The van der Waals surface area contributed by atoms with Crippen molar-refractivity contribution in [1.29, 1.82) is 5.26 Å². The fourth-order valence-corrected chi connectivity index (χ4v) is 3.22. The number of benzene rings is 3. The highest BCUT2D eigenvalue weighted by atomic mass is 16.5. The molecule has 3 aromatic carbocycles. The first kappa shape index (κ1) is 24.7. The van der Waals surface area contributed by atoms with Crippen molar-refractivity contribution in [3.63, 3.8) is 0 Å². The van der Waals surface area contributed by atoms with E-state index in [4.69, 9.17) is 14.7 Å². The van der Waals surface area contributed by atoms with Crippen LogP contribution < -0.4 is 9.47 Å². The predicted molar refractivity (Wildman–Crippen MR) is 132 cm³/mol. The average Bonchev–Trinajstić information content (AvgIpc) is 2.88. The first-order valence-corrected chi connectivity index (χ1v) is 11.6. The van der Waals surface area contributed by atoms with Gasteiger partial charge in [0.1, 0.15) is 11.5 Å². The van der Waals surface area contributed by atoms with Gasteiger partial charge in [-0.2, -0.15) is 15.5 Å². The van der Waals surface area contributed by atoms with Crippen LogP contribution in [0.3, 0.4) is 0 Å². The minimum absolute atomic E-state index is 0.382. The maximum absolute atomic E-state index is 12.3. The third-order valence-corrected chi connectivity index (χ3v) is 5.18. The molecule has 0 bridgehead atoms. The van der Waals surface area contributed by atoms with E-state index in [0.717, 1.165) is 24.5 Å². The molecule has 0 amide bonds. The molecule has 0 N–H and O–H groups in total. The fourth-order valence-electron chi connectivity index (χ4n) is 3.22. The summed E-state index contributed by atoms with van der Waals surface area (Å²) < 4.78 is 11.1. The molecule has 0 fully saturated rings. The number of carbonyl (C=O) groups is 1. The van der Waals surface area contributed by atoms with Crippen molar-refractivity contribution in [1.82, 2.24) is 0 Å². The number of unbranched alkanes of at least 4 members (excludes halogenated alkanes) is 5. The number of carbonyl (C=O) groups excluding carboxylic acids is 1. The largest absolute Gasteiger partial charge is 0.494 e. The van der Waals surface area contributed by atoms with E-state index in [9.17, 15) is 4.79 Å². The second kappa shape index (κ2) is 13.5. The average molecular weight is 456 g/mol. The molecule has 6 nitrogen and oxygen atoms in total. The van der Waals surface area contributed by atoms with Gasteiger partial charge in [-0.3, -0.25) is 0 Å². The third-order valence-electron chi connectivity index (χ3n) is 5.18. The molecule has 0 unspecified atom stereocenters. The summed E-state index contributed by atoms with van der Waals surface area (Å²) in [5.41, 5.74) is 2.24. The first-order valence-electron chi connectivity index (χ1n) is 11.6. The van der Waals surface area contributed by atoms with E-state index in [2.05, 4.69) is 17.2 Å². The number of azo groups is 1. The van der Waals surface area contributed by atoms with E-state index in [1.807, 2.05) is 30.3 Å². The number of nitriles is 1. The first-order chi connectivity index (χ1) is 16.7. The summed E-state index contributed by atoms with van der Waals surface area (Å²) in [4.78, 5) is 12.3. The van der Waals surface area contributed by atoms with Gasteiger partial charge in [0.25, 0.3) is 0 Å². The number of esters is 1. The van der Waals surface area contributed by atoms with Gasteiger partial charge < -0.3 is 9.47 Å². The maximum Gasteiger partial charge on any atom is 0.343 e. The van der Waals surface area contributed by atoms with E-state index in [1.165, 1.54) is 32.1 Å². The molecule has 0 saturated carbocycles. The third kappa shape index (κ3) is 8.18. The standard InChI is InChI=1S/C28H29N3O3/c1-2-3-4-5-6-7-20-33-26-18-14-25(15-19-26)31-30-24-12-10-23(11-13-24)28(32)34-27-16-8-22(21-29)9-17-27/h8-19H,2-7,20H2,1H3. The lowest BCUT2D eigenvalue weighted by atomic mass is 10.1. The van der Waals surface area contributed by atoms with Gasteiger partial charge in [0.05, 0.1) is 35.2 Å². The van der Waals surface area contributed by atoms with Crippen LogP contribution in [0.25, 0.3) is 0 Å². The molecule has 0 aliphatic heterocycles. The summed E-state index contributed by atoms with van der Waals surface area (Å²) in [7, 11) is 0. The predicted octanol–water partition coefficient (Wildman–Crippen LogP) is 7.93. The van der Waals surface area contributed by atoms with Crippen LogP contribution in [-0.4, -0.2) is 12.6 Å². The second-order valence-electron chi connectivity index (χ2n) is 7.88. The Morgan fingerprint density at radius 3 is 1.94 bits per heavy atom. The Balaban J connectivity index is 1.45. The van der Waals surface area contributed by atoms with Crippen molar-refractivity contribution in [2.45, 2.75) is 45.4 Å². The summed E-state index contributed by atoms with van der Waals surface area (Å²) in [6.07, 6.45) is 7.44. The van der Waals surface area contributed by atoms with Crippen LogP contribution in [0.5, 0.6) is 11.5 Å². The summed E-state index contributed by atoms with van der Waals surface area (Å²) in [6, 6.07) is 22.6. The summed E-state index contributed by atoms with van der Waals surface area (Å²) >= 11 is 0. The van der Waals surface area contributed by atoms with Crippen molar-refractivity contribution in [2.75, 3.05) is 6.61 Å². The van der Waals surface area contributed by atoms with Gasteiger partial charge in [0.2, 0.25) is 0 Å². The zero-order valence-electron chi connectivity index (χ0n) is 19.4. The Hall–Kier alpha value is -3.98. The van der Waals surface area contributed by atoms with Gasteiger partial charge in [-0.05, 0) is 79.2 Å². The smallest absolute Gasteiger partial charge is 0.343 e. The van der Waals surface area contributed by atoms with E-state index in [-0.39, 0.29) is 0 Å². The molecule has 6 heteroatoms. The minimum atomic E-state index is -0.482. The molecular weight excluding hydrogens is 426 g/mol. The molecule has 0 aromatic heterocycles. The number of rotatable bonds is 12. The van der Waals surface area contributed by atoms with Crippen LogP contribution in [0.2, 0.25) is 0 Å². The molecule has 0 saturated heterocycles. The van der Waals surface area contributed by atoms with Crippen molar-refractivity contribution in [3.05, 3.63) is 83.9 Å². The molecule has 34 heavy (non-hydrogen) atoms. The van der Waals surface area contributed by atoms with Gasteiger partial charge in [-0.1, -0.05) is 39.0 Å². The zero-order chi connectivity index (χ0) is 24.0. The van der Waals surface area contributed by atoms with Crippen molar-refractivity contribution in [2.24, 2.45) is 10.2 Å². The minimum Gasteiger partial charge on any atom is -0.494 e. The van der Waals surface area contributed by atoms with Crippen LogP contribution in [0.4, 0.5) is 11.4 Å². The van der Waals surface area contributed by atoms with Crippen LogP contribution in [0, 0.1) is 11.3 Å². The van der Waals surface area contributed by atoms with Crippen LogP contribution in [0.1, 0.15) is 61.4 Å². The molecule has 0 aliphatic carbocycles. The molecule has 0 heterocycles. The molecule has 0 aliphatic rings. The maximum atomic E-state index is 12.3. The summed E-state index contributed by atoms with van der Waals surface area (Å²) in [5, 5.41) is 17.3. The highest BCUT2D eigenvalue weighted by Crippen LogP contribution is 2.22. The highest BCUT2D eigenvalue weighted by Gasteiger charge is 2.08. The topological polar surface area (TPSA) is 84.0 Å². The molecule has 3 rings (SSSR count). The Bertz CT molecular complexity index is 1100. The quantitative estimate of drug-likeness (QED) is 0.120. The van der Waals surface area contributed by atoms with Crippen LogP contribution >= 0.6 is 0 Å². The lowest BCUT2D eigenvalue weighted by Gasteiger charge is -2.06. The Labute approximate surface area is 200 Å². The van der Waals surface area contributed by atoms with E-state index in [0.29, 0.717) is 22.6 Å². The normalized spacial score (nSPS) is 10.7. The molecular formula is C28H29N3O3. The monoisotopic (exact) mass is 455 g/mol. The lowest BCUT2D eigenvalue weighted by Crippen LogP contribution is -2.07. The Morgan fingerprint density at radius 2 is 1.32 bits per heavy atom. The van der Waals surface area contributed by atoms with Gasteiger partial charge >= 0.3 is 5.97 Å². The van der Waals surface area contributed by atoms with Crippen LogP contribution in [0.15, 0.2) is 83.0 Å². The Kier molecular flexibility index (Phi) is 9.82. The van der Waals surface area contributed by atoms with Crippen molar-refractivity contribution >= 4 is 17.3 Å². The molecule has 174 valence electrons. The van der Waals surface area contributed by atoms with Crippen molar-refractivity contribution in [3.8, 4) is 17.6 Å². The molecule has 3 aromatic rings. The van der Waals surface area contributed by atoms with Crippen LogP contribution in [-0.2, 0) is 0 Å². The Morgan fingerprint density at radius 1 is 0.765 bits per heavy atom. The fraction of sp³-hybridized carbons (Fsp3) is 0.286. The number of hydrogen-bond donors (Lipinski definition) is 0. The zero-order valence-corrected chi connectivity index (χ0v) is 19.4. The van der Waals surface area contributed by atoms with Gasteiger partial charge in [0, 0.05) is 0 Å². The molecule has 0 atom stereocenters. The number of hydrogen-bond acceptors (Lipinski definition) is 6. The van der Waals surface area contributed by atoms with Gasteiger partial charge in [-0.25, -0.2) is 4.79 Å².